The summed E-state index contributed by atoms with van der Waals surface area (Å²) in [5.74, 6) is -0.359. The van der Waals surface area contributed by atoms with Gasteiger partial charge in [-0.1, -0.05) is 6.92 Å². The summed E-state index contributed by atoms with van der Waals surface area (Å²) < 4.78 is 0. The summed E-state index contributed by atoms with van der Waals surface area (Å²) in [5, 5.41) is 21.0. The van der Waals surface area contributed by atoms with Gasteiger partial charge in [-0.15, -0.1) is 0 Å². The number of urea groups is 1. The molecule has 0 aromatic carbocycles. The van der Waals surface area contributed by atoms with Crippen molar-refractivity contribution in [1.29, 1.82) is 0 Å². The van der Waals surface area contributed by atoms with Crippen LogP contribution in [0.1, 0.15) is 39.5 Å². The Balaban J connectivity index is 2.22. The Hall–Kier alpha value is -1.30. The molecule has 0 aliphatic carbocycles. The molecule has 3 N–H and O–H groups in total. The molecule has 2 amide bonds. The second-order valence-corrected chi connectivity index (χ2v) is 5.79. The first-order chi connectivity index (χ1) is 9.40. The number of amides is 2. The SMILES string of the molecule is CC(CCC(=O)O)CNC(=O)N1CCC(C(C)O)CC1. The molecule has 116 valence electrons. The molecule has 0 bridgehead atoms. The molecule has 1 aliphatic heterocycles. The van der Waals surface area contributed by atoms with Crippen LogP contribution < -0.4 is 5.32 Å². The first-order valence-corrected chi connectivity index (χ1v) is 7.32. The number of carbonyl (C=O) groups is 2. The highest BCUT2D eigenvalue weighted by Gasteiger charge is 2.25. The highest BCUT2D eigenvalue weighted by molar-refractivity contribution is 5.74. The van der Waals surface area contributed by atoms with Crippen LogP contribution in [0, 0.1) is 11.8 Å². The van der Waals surface area contributed by atoms with E-state index in [1.165, 1.54) is 0 Å². The standard InChI is InChI=1S/C14H26N2O4/c1-10(3-4-13(18)19)9-15-14(20)16-7-5-12(6-8-16)11(2)17/h10-12,17H,3-9H2,1-2H3,(H,15,20)(H,18,19). The van der Waals surface area contributed by atoms with E-state index in [1.54, 1.807) is 11.8 Å². The van der Waals surface area contributed by atoms with Crippen molar-refractivity contribution < 1.29 is 19.8 Å². The Labute approximate surface area is 120 Å². The lowest BCUT2D eigenvalue weighted by atomic mass is 9.92. The molecule has 1 heterocycles. The Morgan fingerprint density at radius 1 is 1.30 bits per heavy atom. The molecule has 2 unspecified atom stereocenters. The monoisotopic (exact) mass is 286 g/mol. The van der Waals surface area contributed by atoms with Crippen LogP contribution in [0.5, 0.6) is 0 Å². The number of nitrogens with one attached hydrogen (secondary N) is 1. The molecule has 1 fully saturated rings. The van der Waals surface area contributed by atoms with Crippen molar-refractivity contribution in [3.05, 3.63) is 0 Å². The van der Waals surface area contributed by atoms with Crippen molar-refractivity contribution in [2.24, 2.45) is 11.8 Å². The summed E-state index contributed by atoms with van der Waals surface area (Å²) in [7, 11) is 0. The molecule has 0 saturated carbocycles. The van der Waals surface area contributed by atoms with Crippen LogP contribution in [0.15, 0.2) is 0 Å². The lowest BCUT2D eigenvalue weighted by Gasteiger charge is -2.33. The summed E-state index contributed by atoms with van der Waals surface area (Å²) in [5.41, 5.74) is 0. The molecular weight excluding hydrogens is 260 g/mol. The van der Waals surface area contributed by atoms with Crippen LogP contribution in [0.2, 0.25) is 0 Å². The third-order valence-electron chi connectivity index (χ3n) is 3.96. The Morgan fingerprint density at radius 3 is 2.40 bits per heavy atom. The zero-order valence-corrected chi connectivity index (χ0v) is 12.3. The van der Waals surface area contributed by atoms with Gasteiger partial charge in [0.05, 0.1) is 6.10 Å². The molecule has 20 heavy (non-hydrogen) atoms. The third-order valence-corrected chi connectivity index (χ3v) is 3.96. The summed E-state index contributed by atoms with van der Waals surface area (Å²) in [4.78, 5) is 24.2. The predicted octanol–water partition coefficient (Wildman–Crippen LogP) is 1.29. The molecule has 6 heteroatoms. The van der Waals surface area contributed by atoms with Crippen molar-refractivity contribution in [2.75, 3.05) is 19.6 Å². The van der Waals surface area contributed by atoms with E-state index < -0.39 is 5.97 Å². The zero-order valence-electron chi connectivity index (χ0n) is 12.3. The van der Waals surface area contributed by atoms with E-state index in [9.17, 15) is 14.7 Å². The molecule has 2 atom stereocenters. The van der Waals surface area contributed by atoms with Crippen molar-refractivity contribution in [1.82, 2.24) is 10.2 Å². The second-order valence-electron chi connectivity index (χ2n) is 5.79. The number of aliphatic hydroxyl groups excluding tert-OH is 1. The number of nitrogens with zero attached hydrogens (tertiary/aromatic N) is 1. The summed E-state index contributed by atoms with van der Waals surface area (Å²) in [6.07, 6.45) is 2.06. The molecule has 0 aromatic rings. The number of carboxylic acid groups (broad SMARTS) is 1. The van der Waals surface area contributed by atoms with E-state index in [-0.39, 0.29) is 30.4 Å². The van der Waals surface area contributed by atoms with Gasteiger partial charge in [0.1, 0.15) is 0 Å². The van der Waals surface area contributed by atoms with Gasteiger partial charge >= 0.3 is 12.0 Å². The van der Waals surface area contributed by atoms with Gasteiger partial charge < -0.3 is 20.4 Å². The van der Waals surface area contributed by atoms with Crippen molar-refractivity contribution in [3.8, 4) is 0 Å². The molecule has 1 saturated heterocycles. The second kappa shape index (κ2) is 8.09. The average molecular weight is 286 g/mol. The molecular formula is C14H26N2O4. The van der Waals surface area contributed by atoms with E-state index >= 15 is 0 Å². The quantitative estimate of drug-likeness (QED) is 0.686. The smallest absolute Gasteiger partial charge is 0.317 e. The van der Waals surface area contributed by atoms with E-state index in [2.05, 4.69) is 5.32 Å². The number of aliphatic carboxylic acids is 1. The fraction of sp³-hybridized carbons (Fsp3) is 0.857. The number of likely N-dealkylation sites (tertiary alicyclic amines) is 1. The van der Waals surface area contributed by atoms with Gasteiger partial charge in [-0.05, 0) is 38.0 Å². The van der Waals surface area contributed by atoms with Gasteiger partial charge in [0.25, 0.3) is 0 Å². The van der Waals surface area contributed by atoms with Crippen molar-refractivity contribution >= 4 is 12.0 Å². The first kappa shape index (κ1) is 16.8. The van der Waals surface area contributed by atoms with Gasteiger partial charge in [0, 0.05) is 26.1 Å². The lowest BCUT2D eigenvalue weighted by Crippen LogP contribution is -2.46. The average Bonchev–Trinajstić information content (AvgIpc) is 2.42. The fourth-order valence-electron chi connectivity index (χ4n) is 2.43. The Morgan fingerprint density at radius 2 is 1.90 bits per heavy atom. The third kappa shape index (κ3) is 5.77. The van der Waals surface area contributed by atoms with Gasteiger partial charge in [0.2, 0.25) is 0 Å². The van der Waals surface area contributed by atoms with Crippen molar-refractivity contribution in [3.63, 3.8) is 0 Å². The fourth-order valence-corrected chi connectivity index (χ4v) is 2.43. The molecule has 0 aromatic heterocycles. The number of hydrogen-bond donors (Lipinski definition) is 3. The highest BCUT2D eigenvalue weighted by atomic mass is 16.4. The largest absolute Gasteiger partial charge is 0.481 e. The number of piperidine rings is 1. The minimum Gasteiger partial charge on any atom is -0.481 e. The van der Waals surface area contributed by atoms with Crippen molar-refractivity contribution in [2.45, 2.75) is 45.6 Å². The van der Waals surface area contributed by atoms with E-state index in [0.717, 1.165) is 12.8 Å². The topological polar surface area (TPSA) is 89.9 Å². The maximum atomic E-state index is 12.0. The van der Waals surface area contributed by atoms with Crippen LogP contribution >= 0.6 is 0 Å². The molecule has 0 spiro atoms. The summed E-state index contributed by atoms with van der Waals surface area (Å²) in [6, 6.07) is -0.0868. The summed E-state index contributed by atoms with van der Waals surface area (Å²) >= 11 is 0. The number of aliphatic hydroxyl groups is 1. The number of carboxylic acids is 1. The number of hydrogen-bond acceptors (Lipinski definition) is 3. The van der Waals surface area contributed by atoms with Gasteiger partial charge in [0.15, 0.2) is 0 Å². The van der Waals surface area contributed by atoms with Crippen LogP contribution in [0.25, 0.3) is 0 Å². The Bertz CT molecular complexity index is 325. The molecule has 1 aliphatic rings. The molecule has 1 rings (SSSR count). The first-order valence-electron chi connectivity index (χ1n) is 7.32. The normalized spacial score (nSPS) is 19.4. The van der Waals surface area contributed by atoms with E-state index in [0.29, 0.717) is 26.1 Å². The maximum Gasteiger partial charge on any atom is 0.317 e. The van der Waals surface area contributed by atoms with Gasteiger partial charge in [-0.2, -0.15) is 0 Å². The van der Waals surface area contributed by atoms with Gasteiger partial charge in [-0.25, -0.2) is 4.79 Å². The Kier molecular flexibility index (Phi) is 6.78. The predicted molar refractivity (Wildman–Crippen MR) is 75.4 cm³/mol. The van der Waals surface area contributed by atoms with E-state index in [1.807, 2.05) is 6.92 Å². The van der Waals surface area contributed by atoms with E-state index in [4.69, 9.17) is 5.11 Å². The number of rotatable bonds is 6. The lowest BCUT2D eigenvalue weighted by molar-refractivity contribution is -0.137. The molecule has 0 radical (unpaired) electrons. The van der Waals surface area contributed by atoms with Gasteiger partial charge in [-0.3, -0.25) is 4.79 Å². The van der Waals surface area contributed by atoms with Crippen LogP contribution in [-0.4, -0.2) is 52.9 Å². The highest BCUT2D eigenvalue weighted by Crippen LogP contribution is 2.20. The zero-order chi connectivity index (χ0) is 15.1. The maximum absolute atomic E-state index is 12.0. The molecule has 6 nitrogen and oxygen atoms in total. The summed E-state index contributed by atoms with van der Waals surface area (Å²) in [6.45, 7) is 5.58. The van der Waals surface area contributed by atoms with Crippen LogP contribution in [-0.2, 0) is 4.79 Å². The minimum absolute atomic E-state index is 0.0868. The van der Waals surface area contributed by atoms with Crippen LogP contribution in [0.3, 0.4) is 0 Å². The minimum atomic E-state index is -0.802. The number of carbonyl (C=O) groups excluding carboxylic acids is 1. The van der Waals surface area contributed by atoms with Crippen LogP contribution in [0.4, 0.5) is 4.79 Å².